The molecule has 0 saturated heterocycles. The minimum atomic E-state index is -0.00161. The van der Waals surface area contributed by atoms with Crippen LogP contribution in [0.25, 0.3) is 11.2 Å². The van der Waals surface area contributed by atoms with Crippen LogP contribution in [-0.2, 0) is 0 Å². The highest BCUT2D eigenvalue weighted by Gasteiger charge is 2.25. The molecule has 7 heteroatoms. The van der Waals surface area contributed by atoms with Gasteiger partial charge in [-0.3, -0.25) is 0 Å². The largest absolute Gasteiger partial charge is 0.396 e. The van der Waals surface area contributed by atoms with Crippen LogP contribution in [0.1, 0.15) is 34.1 Å². The summed E-state index contributed by atoms with van der Waals surface area (Å²) < 4.78 is 0. The van der Waals surface area contributed by atoms with E-state index in [-0.39, 0.29) is 18.1 Å². The molecule has 0 amide bonds. The van der Waals surface area contributed by atoms with Crippen molar-refractivity contribution >= 4 is 22.9 Å². The van der Waals surface area contributed by atoms with Gasteiger partial charge in [-0.2, -0.15) is 9.97 Å². The van der Waals surface area contributed by atoms with Gasteiger partial charge in [-0.1, -0.05) is 20.8 Å². The Morgan fingerprint density at radius 3 is 2.71 bits per heavy atom. The molecule has 2 rings (SSSR count). The van der Waals surface area contributed by atoms with E-state index < -0.39 is 0 Å². The van der Waals surface area contributed by atoms with E-state index in [1.807, 2.05) is 6.92 Å². The first-order valence-electron chi connectivity index (χ1n) is 7.28. The fraction of sp³-hybridized carbons (Fsp3) is 0.643. The van der Waals surface area contributed by atoms with Crippen molar-refractivity contribution in [2.75, 3.05) is 23.8 Å². The lowest BCUT2D eigenvalue weighted by molar-refractivity contribution is 0.235. The Morgan fingerprint density at radius 2 is 2.10 bits per heavy atom. The van der Waals surface area contributed by atoms with E-state index >= 15 is 0 Å². The molecule has 0 saturated carbocycles. The summed E-state index contributed by atoms with van der Waals surface area (Å²) in [6, 6.07) is 0.0957. The molecule has 2 heterocycles. The van der Waals surface area contributed by atoms with Crippen molar-refractivity contribution in [3.05, 3.63) is 6.33 Å². The molecule has 0 fully saturated rings. The Bertz CT molecular complexity index is 589. The van der Waals surface area contributed by atoms with E-state index in [1.165, 1.54) is 0 Å². The maximum Gasteiger partial charge on any atom is 0.226 e. The molecule has 0 bridgehead atoms. The summed E-state index contributed by atoms with van der Waals surface area (Å²) in [5.41, 5.74) is 1.40. The van der Waals surface area contributed by atoms with Crippen LogP contribution in [0.5, 0.6) is 0 Å². The molecule has 0 radical (unpaired) electrons. The van der Waals surface area contributed by atoms with Gasteiger partial charge in [-0.25, -0.2) is 4.98 Å². The van der Waals surface area contributed by atoms with Gasteiger partial charge in [-0.05, 0) is 18.8 Å². The first-order valence-corrected chi connectivity index (χ1v) is 7.28. The van der Waals surface area contributed by atoms with Gasteiger partial charge in [0, 0.05) is 19.2 Å². The molecule has 2 aromatic rings. The molecule has 1 atom stereocenters. The molecule has 1 unspecified atom stereocenters. The van der Waals surface area contributed by atoms with Crippen molar-refractivity contribution in [3.8, 4) is 0 Å². The highest BCUT2D eigenvalue weighted by molar-refractivity contribution is 5.83. The SMILES string of the molecule is CCNc1nc(NC(CCO)C(C)(C)C)c2[nH]cnc2n1. The molecule has 0 aliphatic heterocycles. The Hall–Kier alpha value is -1.89. The number of hydrogen-bond acceptors (Lipinski definition) is 6. The zero-order valence-corrected chi connectivity index (χ0v) is 13.1. The number of aromatic amines is 1. The predicted octanol–water partition coefficient (Wildman–Crippen LogP) is 1.99. The number of nitrogens with one attached hydrogen (secondary N) is 3. The molecule has 21 heavy (non-hydrogen) atoms. The van der Waals surface area contributed by atoms with E-state index in [0.717, 1.165) is 12.1 Å². The number of nitrogens with zero attached hydrogens (tertiary/aromatic N) is 3. The van der Waals surface area contributed by atoms with Crippen molar-refractivity contribution in [3.63, 3.8) is 0 Å². The number of aromatic nitrogens is 4. The second-order valence-corrected chi connectivity index (χ2v) is 6.10. The highest BCUT2D eigenvalue weighted by atomic mass is 16.3. The summed E-state index contributed by atoms with van der Waals surface area (Å²) in [5, 5.41) is 15.8. The van der Waals surface area contributed by atoms with Crippen molar-refractivity contribution in [1.82, 2.24) is 19.9 Å². The lowest BCUT2D eigenvalue weighted by atomic mass is 9.85. The number of H-pyrrole nitrogens is 1. The number of aliphatic hydroxyl groups is 1. The first kappa shape index (κ1) is 15.5. The molecule has 2 aromatic heterocycles. The quantitative estimate of drug-likeness (QED) is 0.650. The Balaban J connectivity index is 2.36. The number of aliphatic hydroxyl groups excluding tert-OH is 1. The lowest BCUT2D eigenvalue weighted by Crippen LogP contribution is -2.35. The van der Waals surface area contributed by atoms with Crippen LogP contribution in [-0.4, -0.2) is 44.2 Å². The van der Waals surface area contributed by atoms with Gasteiger partial charge in [-0.15, -0.1) is 0 Å². The second-order valence-electron chi connectivity index (χ2n) is 6.10. The summed E-state index contributed by atoms with van der Waals surface area (Å²) in [7, 11) is 0. The fourth-order valence-electron chi connectivity index (χ4n) is 2.19. The molecule has 7 nitrogen and oxygen atoms in total. The van der Waals surface area contributed by atoms with Gasteiger partial charge in [0.1, 0.15) is 5.52 Å². The van der Waals surface area contributed by atoms with Crippen LogP contribution in [0, 0.1) is 5.41 Å². The number of rotatable bonds is 6. The first-order chi connectivity index (χ1) is 9.95. The van der Waals surface area contributed by atoms with Gasteiger partial charge in [0.25, 0.3) is 0 Å². The second kappa shape index (κ2) is 6.26. The molecule has 0 spiro atoms. The number of hydrogen-bond donors (Lipinski definition) is 4. The predicted molar refractivity (Wildman–Crippen MR) is 84.4 cm³/mol. The molecular weight excluding hydrogens is 268 g/mol. The Labute approximate surface area is 124 Å². The maximum absolute atomic E-state index is 9.28. The molecule has 4 N–H and O–H groups in total. The van der Waals surface area contributed by atoms with Crippen molar-refractivity contribution < 1.29 is 5.11 Å². The lowest BCUT2D eigenvalue weighted by Gasteiger charge is -2.31. The normalized spacial score (nSPS) is 13.4. The topological polar surface area (TPSA) is 98.8 Å². The zero-order chi connectivity index (χ0) is 15.5. The van der Waals surface area contributed by atoms with E-state index in [4.69, 9.17) is 0 Å². The van der Waals surface area contributed by atoms with Crippen molar-refractivity contribution in [1.29, 1.82) is 0 Å². The fourth-order valence-corrected chi connectivity index (χ4v) is 2.19. The summed E-state index contributed by atoms with van der Waals surface area (Å²) in [6.07, 6.45) is 2.26. The Kier molecular flexibility index (Phi) is 4.62. The van der Waals surface area contributed by atoms with E-state index in [2.05, 4.69) is 51.3 Å². The zero-order valence-electron chi connectivity index (χ0n) is 13.1. The summed E-state index contributed by atoms with van der Waals surface area (Å²) in [6.45, 7) is 9.28. The van der Waals surface area contributed by atoms with Crippen LogP contribution in [0.3, 0.4) is 0 Å². The standard InChI is InChI=1S/C14H24N6O/c1-5-15-13-19-11-10(16-8-17-11)12(20-13)18-9(6-7-21)14(2,3)4/h8-9,21H,5-7H2,1-4H3,(H3,15,16,17,18,19,20). The molecular formula is C14H24N6O. The van der Waals surface area contributed by atoms with Crippen LogP contribution < -0.4 is 10.6 Å². The van der Waals surface area contributed by atoms with Crippen molar-refractivity contribution in [2.24, 2.45) is 5.41 Å². The smallest absolute Gasteiger partial charge is 0.226 e. The third-order valence-corrected chi connectivity index (χ3v) is 3.39. The third-order valence-electron chi connectivity index (χ3n) is 3.39. The number of fused-ring (bicyclic) bond motifs is 1. The molecule has 0 aliphatic rings. The highest BCUT2D eigenvalue weighted by Crippen LogP contribution is 2.27. The Morgan fingerprint density at radius 1 is 1.33 bits per heavy atom. The number of anilines is 2. The van der Waals surface area contributed by atoms with Gasteiger partial charge in [0.2, 0.25) is 5.95 Å². The summed E-state index contributed by atoms with van der Waals surface area (Å²) in [4.78, 5) is 16.1. The van der Waals surface area contributed by atoms with E-state index in [9.17, 15) is 5.11 Å². The molecule has 116 valence electrons. The number of imidazole rings is 1. The molecule has 0 aliphatic carbocycles. The van der Waals surface area contributed by atoms with Gasteiger partial charge < -0.3 is 20.7 Å². The van der Waals surface area contributed by atoms with Crippen molar-refractivity contribution in [2.45, 2.75) is 40.2 Å². The van der Waals surface area contributed by atoms with Crippen LogP contribution >= 0.6 is 0 Å². The van der Waals surface area contributed by atoms with Gasteiger partial charge in [0.15, 0.2) is 11.5 Å². The van der Waals surface area contributed by atoms with E-state index in [1.54, 1.807) is 6.33 Å². The minimum Gasteiger partial charge on any atom is -0.396 e. The van der Waals surface area contributed by atoms with Crippen LogP contribution in [0.4, 0.5) is 11.8 Å². The summed E-state index contributed by atoms with van der Waals surface area (Å²) >= 11 is 0. The third kappa shape index (κ3) is 3.60. The maximum atomic E-state index is 9.28. The van der Waals surface area contributed by atoms with Crippen LogP contribution in [0.15, 0.2) is 6.33 Å². The monoisotopic (exact) mass is 292 g/mol. The average Bonchev–Trinajstić information content (AvgIpc) is 2.86. The van der Waals surface area contributed by atoms with Gasteiger partial charge in [0.05, 0.1) is 6.33 Å². The average molecular weight is 292 g/mol. The molecule has 0 aromatic carbocycles. The van der Waals surface area contributed by atoms with E-state index in [0.29, 0.717) is 23.8 Å². The minimum absolute atomic E-state index is 0.00161. The van der Waals surface area contributed by atoms with Crippen LogP contribution in [0.2, 0.25) is 0 Å². The summed E-state index contributed by atoms with van der Waals surface area (Å²) in [5.74, 6) is 1.26. The van der Waals surface area contributed by atoms with Gasteiger partial charge >= 0.3 is 0 Å².